The number of rotatable bonds is 11. The third kappa shape index (κ3) is 8.80. The summed E-state index contributed by atoms with van der Waals surface area (Å²) in [6.07, 6.45) is 2.85. The average molecular weight is 514 g/mol. The molecule has 2 aromatic rings. The Morgan fingerprint density at radius 1 is 0.595 bits per heavy atom. The topological polar surface area (TPSA) is 66.3 Å². The normalized spacial score (nSPS) is 11.4. The SMILES string of the molecule is COc1cc(C=NC(C(C)C)C(C)C)c(C(C)C)cc1OC.COc1cc(C=O)c(C(C)C)cc1OC. The molecule has 2 aromatic carbocycles. The first kappa shape index (κ1) is 32.0. The van der Waals surface area contributed by atoms with Crippen LogP contribution in [0.2, 0.25) is 0 Å². The molecule has 6 nitrogen and oxygen atoms in total. The van der Waals surface area contributed by atoms with Gasteiger partial charge in [-0.15, -0.1) is 0 Å². The highest BCUT2D eigenvalue weighted by atomic mass is 16.5. The first-order chi connectivity index (χ1) is 17.4. The van der Waals surface area contributed by atoms with Gasteiger partial charge < -0.3 is 18.9 Å². The average Bonchev–Trinajstić information content (AvgIpc) is 2.87. The zero-order chi connectivity index (χ0) is 28.3. The molecule has 0 atom stereocenters. The molecule has 0 saturated heterocycles. The first-order valence-corrected chi connectivity index (χ1v) is 13.0. The van der Waals surface area contributed by atoms with Crippen molar-refractivity contribution in [1.82, 2.24) is 0 Å². The number of methoxy groups -OCH3 is 4. The Bertz CT molecular complexity index is 1020. The zero-order valence-corrected chi connectivity index (χ0v) is 24.8. The van der Waals surface area contributed by atoms with Crippen LogP contribution in [-0.2, 0) is 0 Å². The van der Waals surface area contributed by atoms with Crippen LogP contribution >= 0.6 is 0 Å². The minimum absolute atomic E-state index is 0.282. The molecule has 0 spiro atoms. The Labute approximate surface area is 224 Å². The van der Waals surface area contributed by atoms with E-state index in [0.29, 0.717) is 40.9 Å². The Morgan fingerprint density at radius 3 is 1.27 bits per heavy atom. The lowest BCUT2D eigenvalue weighted by Crippen LogP contribution is -2.20. The van der Waals surface area contributed by atoms with E-state index in [-0.39, 0.29) is 5.92 Å². The molecule has 0 bridgehead atoms. The third-order valence-electron chi connectivity index (χ3n) is 6.30. The third-order valence-corrected chi connectivity index (χ3v) is 6.30. The summed E-state index contributed by atoms with van der Waals surface area (Å²) in [4.78, 5) is 15.7. The second-order valence-electron chi connectivity index (χ2n) is 10.4. The number of ether oxygens (including phenoxy) is 4. The summed E-state index contributed by atoms with van der Waals surface area (Å²) in [6, 6.07) is 7.97. The van der Waals surface area contributed by atoms with Crippen molar-refractivity contribution in [3.05, 3.63) is 46.5 Å². The summed E-state index contributed by atoms with van der Waals surface area (Å²) in [6.45, 7) is 17.3. The van der Waals surface area contributed by atoms with E-state index >= 15 is 0 Å². The number of carbonyl (C=O) groups excluding carboxylic acids is 1. The van der Waals surface area contributed by atoms with Crippen LogP contribution in [-0.4, -0.2) is 47.0 Å². The smallest absolute Gasteiger partial charge is 0.161 e. The van der Waals surface area contributed by atoms with Crippen LogP contribution in [0.1, 0.15) is 94.3 Å². The van der Waals surface area contributed by atoms with Gasteiger partial charge in [-0.25, -0.2) is 0 Å². The molecule has 0 aliphatic rings. The van der Waals surface area contributed by atoms with E-state index in [9.17, 15) is 4.79 Å². The maximum Gasteiger partial charge on any atom is 0.161 e. The number of nitrogens with zero attached hydrogens (tertiary/aromatic N) is 1. The van der Waals surface area contributed by atoms with Gasteiger partial charge in [-0.1, -0.05) is 55.4 Å². The summed E-state index contributed by atoms with van der Waals surface area (Å²) < 4.78 is 21.2. The van der Waals surface area contributed by atoms with Gasteiger partial charge in [0.15, 0.2) is 23.0 Å². The molecule has 0 radical (unpaired) electrons. The van der Waals surface area contributed by atoms with Gasteiger partial charge in [0.2, 0.25) is 0 Å². The van der Waals surface area contributed by atoms with E-state index < -0.39 is 0 Å². The molecule has 0 heterocycles. The number of aldehydes is 1. The van der Waals surface area contributed by atoms with Crippen molar-refractivity contribution in [1.29, 1.82) is 0 Å². The maximum atomic E-state index is 10.9. The van der Waals surface area contributed by atoms with Gasteiger partial charge in [0, 0.05) is 11.8 Å². The number of hydrogen-bond acceptors (Lipinski definition) is 6. The van der Waals surface area contributed by atoms with Crippen LogP contribution in [0, 0.1) is 11.8 Å². The summed E-state index contributed by atoms with van der Waals surface area (Å²) >= 11 is 0. The molecule has 0 fully saturated rings. The Balaban J connectivity index is 0.000000397. The molecular formula is C31H47NO5. The standard InChI is InChI=1S/C19H31NO2.C12H16O3/c1-12(2)16-10-18(22-8)17(21-7)9-15(16)11-20-19(13(3)4)14(5)6;1-8(2)10-6-12(15-4)11(14-3)5-9(10)7-13/h9-14,19H,1-8H3;5-8H,1-4H3. The van der Waals surface area contributed by atoms with Gasteiger partial charge in [-0.2, -0.15) is 0 Å². The van der Waals surface area contributed by atoms with Crippen molar-refractivity contribution in [2.24, 2.45) is 16.8 Å². The highest BCUT2D eigenvalue weighted by Gasteiger charge is 2.17. The molecule has 0 saturated carbocycles. The van der Waals surface area contributed by atoms with E-state index in [4.69, 9.17) is 23.9 Å². The minimum atomic E-state index is 0.282. The highest BCUT2D eigenvalue weighted by Crippen LogP contribution is 2.34. The van der Waals surface area contributed by atoms with Crippen LogP contribution in [0.25, 0.3) is 0 Å². The molecule has 0 aliphatic carbocycles. The molecule has 2 rings (SSSR count). The highest BCUT2D eigenvalue weighted by molar-refractivity contribution is 5.84. The molecule has 6 heteroatoms. The maximum absolute atomic E-state index is 10.9. The van der Waals surface area contributed by atoms with Gasteiger partial charge in [0.25, 0.3) is 0 Å². The van der Waals surface area contributed by atoms with Crippen LogP contribution in [0.5, 0.6) is 23.0 Å². The monoisotopic (exact) mass is 513 g/mol. The quantitative estimate of drug-likeness (QED) is 0.229. The van der Waals surface area contributed by atoms with Gasteiger partial charge in [0.1, 0.15) is 6.29 Å². The molecular weight excluding hydrogens is 466 g/mol. The molecule has 0 aliphatic heterocycles. The Hall–Kier alpha value is -3.02. The van der Waals surface area contributed by atoms with Crippen molar-refractivity contribution in [2.75, 3.05) is 28.4 Å². The molecule has 0 N–H and O–H groups in total. The molecule has 37 heavy (non-hydrogen) atoms. The Morgan fingerprint density at radius 2 is 0.946 bits per heavy atom. The van der Waals surface area contributed by atoms with Gasteiger partial charge >= 0.3 is 0 Å². The lowest BCUT2D eigenvalue weighted by molar-refractivity contribution is 0.112. The number of carbonyl (C=O) groups is 1. The lowest BCUT2D eigenvalue weighted by Gasteiger charge is -2.21. The predicted octanol–water partition coefficient (Wildman–Crippen LogP) is 7.57. The number of benzene rings is 2. The van der Waals surface area contributed by atoms with E-state index in [1.165, 1.54) is 5.56 Å². The summed E-state index contributed by atoms with van der Waals surface area (Å²) in [5.41, 5.74) is 3.97. The second-order valence-corrected chi connectivity index (χ2v) is 10.4. The zero-order valence-electron chi connectivity index (χ0n) is 24.8. The van der Waals surface area contributed by atoms with Crippen molar-refractivity contribution >= 4 is 12.5 Å². The van der Waals surface area contributed by atoms with Crippen LogP contribution in [0.4, 0.5) is 0 Å². The molecule has 206 valence electrons. The van der Waals surface area contributed by atoms with Crippen molar-refractivity contribution in [2.45, 2.75) is 73.3 Å². The van der Waals surface area contributed by atoms with Crippen molar-refractivity contribution in [3.63, 3.8) is 0 Å². The van der Waals surface area contributed by atoms with E-state index in [1.807, 2.05) is 32.2 Å². The predicted molar refractivity (Wildman–Crippen MR) is 154 cm³/mol. The van der Waals surface area contributed by atoms with E-state index in [2.05, 4.69) is 47.6 Å². The molecule has 0 unspecified atom stereocenters. The first-order valence-electron chi connectivity index (χ1n) is 13.0. The molecule has 0 aromatic heterocycles. The fourth-order valence-corrected chi connectivity index (χ4v) is 4.32. The largest absolute Gasteiger partial charge is 0.493 e. The second kappa shape index (κ2) is 15.3. The number of hydrogen-bond donors (Lipinski definition) is 0. The number of aliphatic imine (C=N–C) groups is 1. The van der Waals surface area contributed by atoms with Crippen LogP contribution in [0.3, 0.4) is 0 Å². The van der Waals surface area contributed by atoms with Crippen LogP contribution in [0.15, 0.2) is 29.3 Å². The van der Waals surface area contributed by atoms with E-state index in [0.717, 1.165) is 28.9 Å². The fraction of sp³-hybridized carbons (Fsp3) is 0.548. The van der Waals surface area contributed by atoms with Crippen LogP contribution < -0.4 is 18.9 Å². The summed E-state index contributed by atoms with van der Waals surface area (Å²) in [5.74, 6) is 4.50. The summed E-state index contributed by atoms with van der Waals surface area (Å²) in [7, 11) is 6.48. The van der Waals surface area contributed by atoms with Gasteiger partial charge in [-0.3, -0.25) is 9.79 Å². The molecule has 0 amide bonds. The fourth-order valence-electron chi connectivity index (χ4n) is 4.32. The summed E-state index contributed by atoms with van der Waals surface area (Å²) in [5, 5.41) is 0. The lowest BCUT2D eigenvalue weighted by atomic mass is 9.93. The Kier molecular flexibility index (Phi) is 13.2. The van der Waals surface area contributed by atoms with Crippen molar-refractivity contribution < 1.29 is 23.7 Å². The van der Waals surface area contributed by atoms with E-state index in [1.54, 1.807) is 34.5 Å². The minimum Gasteiger partial charge on any atom is -0.493 e. The van der Waals surface area contributed by atoms with Crippen molar-refractivity contribution in [3.8, 4) is 23.0 Å². The van der Waals surface area contributed by atoms with Gasteiger partial charge in [-0.05, 0) is 64.6 Å². The van der Waals surface area contributed by atoms with Gasteiger partial charge in [0.05, 0.1) is 34.5 Å².